The maximum atomic E-state index is 12.5. The maximum absolute atomic E-state index is 12.5. The summed E-state index contributed by atoms with van der Waals surface area (Å²) in [5.41, 5.74) is -4.23. The average molecular weight is 378 g/mol. The molecular formula is C20H26O7. The Morgan fingerprint density at radius 1 is 1.26 bits per heavy atom. The van der Waals surface area contributed by atoms with Crippen molar-refractivity contribution in [1.29, 1.82) is 0 Å². The molecule has 7 heteroatoms. The molecule has 8 atom stereocenters. The third kappa shape index (κ3) is 1.96. The summed E-state index contributed by atoms with van der Waals surface area (Å²) in [5.74, 6) is -4.71. The Balaban J connectivity index is 1.99. The van der Waals surface area contributed by atoms with Crippen LogP contribution in [0.15, 0.2) is 12.2 Å². The number of carbonyl (C=O) groups is 3. The Kier molecular flexibility index (Phi) is 3.59. The molecule has 0 aromatic carbocycles. The smallest absolute Gasteiger partial charge is 0.309 e. The summed E-state index contributed by atoms with van der Waals surface area (Å²) in [6.45, 7) is 5.43. The second-order valence-electron chi connectivity index (χ2n) is 9.62. The van der Waals surface area contributed by atoms with Crippen LogP contribution in [-0.2, 0) is 14.4 Å². The lowest BCUT2D eigenvalue weighted by molar-refractivity contribution is -0.174. The van der Waals surface area contributed by atoms with E-state index in [-0.39, 0.29) is 31.6 Å². The fourth-order valence-electron chi connectivity index (χ4n) is 7.71. The van der Waals surface area contributed by atoms with Gasteiger partial charge in [-0.1, -0.05) is 6.58 Å². The van der Waals surface area contributed by atoms with Crippen molar-refractivity contribution in [2.75, 3.05) is 0 Å². The highest BCUT2D eigenvalue weighted by molar-refractivity contribution is 5.82. The van der Waals surface area contributed by atoms with Crippen molar-refractivity contribution in [3.63, 3.8) is 0 Å². The molecule has 0 radical (unpaired) electrons. The van der Waals surface area contributed by atoms with Gasteiger partial charge in [0, 0.05) is 11.3 Å². The van der Waals surface area contributed by atoms with Crippen LogP contribution in [0.1, 0.15) is 45.4 Å². The average Bonchev–Trinajstić information content (AvgIpc) is 2.92. The molecule has 0 saturated heterocycles. The van der Waals surface area contributed by atoms with E-state index in [1.54, 1.807) is 0 Å². The van der Waals surface area contributed by atoms with Crippen molar-refractivity contribution in [2.24, 2.45) is 34.0 Å². The van der Waals surface area contributed by atoms with E-state index in [2.05, 4.69) is 6.58 Å². The molecule has 4 aliphatic rings. The van der Waals surface area contributed by atoms with Crippen molar-refractivity contribution in [3.8, 4) is 0 Å². The summed E-state index contributed by atoms with van der Waals surface area (Å²) < 4.78 is 0. The van der Waals surface area contributed by atoms with Crippen molar-refractivity contribution in [1.82, 2.24) is 0 Å². The molecule has 0 aromatic rings. The SMILES string of the molecule is C=C1C[C@]23C[C@@]1(O)CC[C@H]2[C@]1(C=O)C[C@H](O)C[C@@](C)(C(=O)O)[C@H]1[C@@H]3C(=O)O. The normalized spacial score (nSPS) is 53.5. The van der Waals surface area contributed by atoms with Gasteiger partial charge in [-0.15, -0.1) is 0 Å². The fraction of sp³-hybridized carbons (Fsp3) is 0.750. The van der Waals surface area contributed by atoms with Crippen molar-refractivity contribution in [2.45, 2.75) is 57.2 Å². The minimum Gasteiger partial charge on any atom is -0.481 e. The molecule has 4 N–H and O–H groups in total. The molecule has 0 heterocycles. The van der Waals surface area contributed by atoms with E-state index in [1.807, 2.05) is 0 Å². The summed E-state index contributed by atoms with van der Waals surface area (Å²) >= 11 is 0. The lowest BCUT2D eigenvalue weighted by Gasteiger charge is -2.50. The predicted molar refractivity (Wildman–Crippen MR) is 92.6 cm³/mol. The summed E-state index contributed by atoms with van der Waals surface area (Å²) in [6, 6.07) is 0. The number of carboxylic acids is 2. The van der Waals surface area contributed by atoms with Crippen LogP contribution in [0, 0.1) is 34.0 Å². The highest BCUT2D eigenvalue weighted by Crippen LogP contribution is 2.77. The number of carboxylic acid groups (broad SMARTS) is 2. The number of hydrogen-bond donors (Lipinski definition) is 4. The molecule has 0 unspecified atom stereocenters. The monoisotopic (exact) mass is 378 g/mol. The largest absolute Gasteiger partial charge is 0.481 e. The number of aliphatic hydroxyl groups excluding tert-OH is 1. The van der Waals surface area contributed by atoms with E-state index in [0.29, 0.717) is 18.4 Å². The van der Waals surface area contributed by atoms with E-state index in [1.165, 1.54) is 6.92 Å². The number of rotatable bonds is 3. The van der Waals surface area contributed by atoms with Gasteiger partial charge in [-0.2, -0.15) is 0 Å². The highest BCUT2D eigenvalue weighted by atomic mass is 16.4. The molecule has 27 heavy (non-hydrogen) atoms. The summed E-state index contributed by atoms with van der Waals surface area (Å²) in [4.78, 5) is 37.2. The van der Waals surface area contributed by atoms with Gasteiger partial charge in [0.15, 0.2) is 0 Å². The van der Waals surface area contributed by atoms with Gasteiger partial charge in [0.25, 0.3) is 0 Å². The number of carbonyl (C=O) groups excluding carboxylic acids is 1. The van der Waals surface area contributed by atoms with Crippen molar-refractivity contribution < 1.29 is 34.8 Å². The summed E-state index contributed by atoms with van der Waals surface area (Å²) in [6.07, 6.45) is 1.01. The molecule has 1 spiro atoms. The second-order valence-corrected chi connectivity index (χ2v) is 9.62. The standard InChI is InChI=1S/C20H26O7/c1-10-5-18-8-20(10,27)4-3-12(18)19(9-21)7-11(22)6-17(2,16(25)26)14(19)13(18)15(23)24/h9,11-14,22,27H,1,3-8H2,2H3,(H,23,24)(H,25,26)/t11-,12-,13-,14-,17-,18+,19-,20+/m1/s1. The zero-order valence-electron chi connectivity index (χ0n) is 15.4. The number of hydrogen-bond acceptors (Lipinski definition) is 5. The molecule has 4 aliphatic carbocycles. The zero-order valence-corrected chi connectivity index (χ0v) is 15.4. The van der Waals surface area contributed by atoms with Crippen LogP contribution in [-0.4, -0.2) is 50.4 Å². The van der Waals surface area contributed by atoms with Gasteiger partial charge >= 0.3 is 11.9 Å². The minimum absolute atomic E-state index is 0.0745. The first kappa shape index (κ1) is 18.6. The Hall–Kier alpha value is -1.73. The van der Waals surface area contributed by atoms with E-state index in [9.17, 15) is 34.8 Å². The second kappa shape index (κ2) is 5.20. The first-order chi connectivity index (χ1) is 12.5. The van der Waals surface area contributed by atoms with E-state index < -0.39 is 51.7 Å². The van der Waals surface area contributed by atoms with Crippen LogP contribution in [0.2, 0.25) is 0 Å². The van der Waals surface area contributed by atoms with Crippen LogP contribution in [0.3, 0.4) is 0 Å². The first-order valence-corrected chi connectivity index (χ1v) is 9.48. The van der Waals surface area contributed by atoms with Crippen molar-refractivity contribution in [3.05, 3.63) is 12.2 Å². The third-order valence-electron chi connectivity index (χ3n) is 8.45. The molecule has 0 aromatic heterocycles. The third-order valence-corrected chi connectivity index (χ3v) is 8.45. The van der Waals surface area contributed by atoms with E-state index in [4.69, 9.17) is 0 Å². The number of aliphatic hydroxyl groups is 2. The number of aldehydes is 1. The van der Waals surface area contributed by atoms with Crippen LogP contribution >= 0.6 is 0 Å². The molecule has 4 fully saturated rings. The molecule has 2 bridgehead atoms. The molecule has 0 aliphatic heterocycles. The van der Waals surface area contributed by atoms with Gasteiger partial charge in [0.1, 0.15) is 6.29 Å². The van der Waals surface area contributed by atoms with Crippen LogP contribution in [0.25, 0.3) is 0 Å². The van der Waals surface area contributed by atoms with Crippen molar-refractivity contribution >= 4 is 18.2 Å². The molecule has 4 rings (SSSR count). The number of fused-ring (bicyclic) bond motifs is 3. The number of aliphatic carboxylic acids is 2. The highest BCUT2D eigenvalue weighted by Gasteiger charge is 2.79. The topological polar surface area (TPSA) is 132 Å². The Labute approximate surface area is 157 Å². The molecule has 148 valence electrons. The first-order valence-electron chi connectivity index (χ1n) is 9.48. The molecule has 7 nitrogen and oxygen atoms in total. The van der Waals surface area contributed by atoms with Crippen LogP contribution in [0.4, 0.5) is 0 Å². The lowest BCUT2D eigenvalue weighted by atomic mass is 9.52. The van der Waals surface area contributed by atoms with Gasteiger partial charge in [0.05, 0.1) is 23.0 Å². The Morgan fingerprint density at radius 3 is 2.48 bits per heavy atom. The molecule has 0 amide bonds. The van der Waals surface area contributed by atoms with Gasteiger partial charge in [-0.25, -0.2) is 0 Å². The van der Waals surface area contributed by atoms with Gasteiger partial charge in [-0.3, -0.25) is 9.59 Å². The van der Waals surface area contributed by atoms with Gasteiger partial charge in [0.2, 0.25) is 0 Å². The minimum atomic E-state index is -1.53. The van der Waals surface area contributed by atoms with E-state index in [0.717, 1.165) is 6.29 Å². The maximum Gasteiger partial charge on any atom is 0.309 e. The van der Waals surface area contributed by atoms with Gasteiger partial charge in [-0.05, 0) is 62.4 Å². The summed E-state index contributed by atoms with van der Waals surface area (Å²) in [5, 5.41) is 41.6. The predicted octanol–water partition coefficient (Wildman–Crippen LogP) is 1.23. The Morgan fingerprint density at radius 2 is 1.93 bits per heavy atom. The molecular weight excluding hydrogens is 352 g/mol. The van der Waals surface area contributed by atoms with Gasteiger partial charge < -0.3 is 25.2 Å². The van der Waals surface area contributed by atoms with Crippen LogP contribution in [0.5, 0.6) is 0 Å². The summed E-state index contributed by atoms with van der Waals surface area (Å²) in [7, 11) is 0. The Bertz CT molecular complexity index is 761. The lowest BCUT2D eigenvalue weighted by Crippen LogP contribution is -2.56. The van der Waals surface area contributed by atoms with Crippen LogP contribution < -0.4 is 0 Å². The van der Waals surface area contributed by atoms with E-state index >= 15 is 0 Å². The fourth-order valence-corrected chi connectivity index (χ4v) is 7.71. The quantitative estimate of drug-likeness (QED) is 0.429. The molecule has 4 saturated carbocycles. The zero-order chi connectivity index (χ0) is 20.0.